The molecule has 0 radical (unpaired) electrons. The van der Waals surface area contributed by atoms with Crippen LogP contribution in [0.5, 0.6) is 0 Å². The first kappa shape index (κ1) is 16.5. The van der Waals surface area contributed by atoms with Crippen LogP contribution in [-0.2, 0) is 5.41 Å². The molecule has 4 fully saturated rings. The van der Waals surface area contributed by atoms with E-state index in [2.05, 4.69) is 20.8 Å². The van der Waals surface area contributed by atoms with E-state index in [0.717, 1.165) is 29.0 Å². The van der Waals surface area contributed by atoms with Crippen LogP contribution >= 0.6 is 0 Å². The Morgan fingerprint density at radius 3 is 2.37 bits per heavy atom. The molecule has 0 spiro atoms. The lowest BCUT2D eigenvalue weighted by atomic mass is 9.49. The van der Waals surface area contributed by atoms with Gasteiger partial charge >= 0.3 is 6.03 Å². The zero-order valence-corrected chi connectivity index (χ0v) is 15.2. The van der Waals surface area contributed by atoms with Gasteiger partial charge in [0.05, 0.1) is 23.8 Å². The topological polar surface area (TPSA) is 98.2 Å². The van der Waals surface area contributed by atoms with Gasteiger partial charge < -0.3 is 5.73 Å². The first-order valence-electron chi connectivity index (χ1n) is 9.71. The minimum absolute atomic E-state index is 0.254. The molecule has 4 bridgehead atoms. The number of carbonyl (C=O) groups is 1. The Kier molecular flexibility index (Phi) is 3.77. The van der Waals surface area contributed by atoms with Crippen LogP contribution in [0, 0.1) is 17.8 Å². The Morgan fingerprint density at radius 1 is 1.15 bits per heavy atom. The van der Waals surface area contributed by atoms with E-state index in [-0.39, 0.29) is 5.41 Å². The summed E-state index contributed by atoms with van der Waals surface area (Å²) in [4.78, 5) is 10.7. The van der Waals surface area contributed by atoms with Gasteiger partial charge in [-0.15, -0.1) is 5.10 Å². The van der Waals surface area contributed by atoms with Crippen LogP contribution in [0.2, 0.25) is 0 Å². The summed E-state index contributed by atoms with van der Waals surface area (Å²) < 4.78 is 2.02. The molecule has 2 aromatic rings. The van der Waals surface area contributed by atoms with E-state index < -0.39 is 6.03 Å². The molecule has 4 aliphatic carbocycles. The molecular formula is C20H24N6O. The molecule has 4 saturated carbocycles. The fraction of sp³-hybridized carbons (Fsp3) is 0.500. The summed E-state index contributed by atoms with van der Waals surface area (Å²) in [5.41, 5.74) is 10.6. The van der Waals surface area contributed by atoms with Gasteiger partial charge in [0.15, 0.2) is 0 Å². The Morgan fingerprint density at radius 2 is 1.78 bits per heavy atom. The predicted molar refractivity (Wildman–Crippen MR) is 102 cm³/mol. The number of benzene rings is 1. The van der Waals surface area contributed by atoms with Crippen LogP contribution < -0.4 is 11.2 Å². The van der Waals surface area contributed by atoms with E-state index in [4.69, 9.17) is 5.73 Å². The molecule has 140 valence electrons. The lowest BCUT2D eigenvalue weighted by Crippen LogP contribution is -2.49. The highest BCUT2D eigenvalue weighted by atomic mass is 16.2. The average Bonchev–Trinajstić information content (AvgIpc) is 3.11. The quantitative estimate of drug-likeness (QED) is 0.644. The van der Waals surface area contributed by atoms with Crippen LogP contribution in [-0.4, -0.2) is 27.2 Å². The van der Waals surface area contributed by atoms with E-state index in [1.807, 2.05) is 35.1 Å². The predicted octanol–water partition coefficient (Wildman–Crippen LogP) is 2.74. The molecule has 1 aromatic carbocycles. The monoisotopic (exact) mass is 364 g/mol. The molecular weight excluding hydrogens is 340 g/mol. The Balaban J connectivity index is 1.42. The van der Waals surface area contributed by atoms with Gasteiger partial charge in [0.2, 0.25) is 0 Å². The van der Waals surface area contributed by atoms with Gasteiger partial charge in [-0.05, 0) is 74.0 Å². The molecule has 6 rings (SSSR count). The maximum Gasteiger partial charge on any atom is 0.332 e. The van der Waals surface area contributed by atoms with Crippen LogP contribution in [0.15, 0.2) is 35.6 Å². The van der Waals surface area contributed by atoms with Crippen molar-refractivity contribution in [1.82, 2.24) is 20.4 Å². The van der Waals surface area contributed by atoms with Crippen LogP contribution in [0.25, 0.3) is 5.69 Å². The second kappa shape index (κ2) is 6.18. The van der Waals surface area contributed by atoms with Crippen molar-refractivity contribution >= 4 is 12.2 Å². The molecule has 0 unspecified atom stereocenters. The van der Waals surface area contributed by atoms with Gasteiger partial charge in [-0.1, -0.05) is 17.3 Å². The van der Waals surface area contributed by atoms with Crippen LogP contribution in [0.3, 0.4) is 0 Å². The van der Waals surface area contributed by atoms with Crippen molar-refractivity contribution in [2.24, 2.45) is 28.6 Å². The van der Waals surface area contributed by atoms with Crippen LogP contribution in [0.1, 0.15) is 49.8 Å². The third-order valence-electron chi connectivity index (χ3n) is 6.66. The zero-order valence-electron chi connectivity index (χ0n) is 15.2. The molecule has 0 saturated heterocycles. The second-order valence-corrected chi connectivity index (χ2v) is 8.55. The second-order valence-electron chi connectivity index (χ2n) is 8.55. The smallest absolute Gasteiger partial charge is 0.332 e. The molecule has 2 amide bonds. The maximum absolute atomic E-state index is 10.7. The summed E-state index contributed by atoms with van der Waals surface area (Å²) in [5.74, 6) is 2.66. The number of primary amides is 1. The van der Waals surface area contributed by atoms with Gasteiger partial charge in [-0.3, -0.25) is 0 Å². The van der Waals surface area contributed by atoms with E-state index in [1.165, 1.54) is 44.2 Å². The van der Waals surface area contributed by atoms with Gasteiger partial charge in [-0.2, -0.15) is 5.10 Å². The minimum Gasteiger partial charge on any atom is -0.350 e. The zero-order chi connectivity index (χ0) is 18.4. The highest BCUT2D eigenvalue weighted by molar-refractivity contribution is 5.81. The molecule has 7 heteroatoms. The highest BCUT2D eigenvalue weighted by Gasteiger charge is 2.53. The normalized spacial score (nSPS) is 31.5. The standard InChI is InChI=1S/C20H24N6O/c21-19(27)24-22-11-13-1-3-17(4-2-13)26-18(12-23-25-26)20-8-14-5-15(9-20)7-16(6-14)10-20/h1-4,11-12,14-16H,5-10H2,(H3,21,24,27)/b22-11-. The first-order valence-corrected chi connectivity index (χ1v) is 9.71. The Bertz CT molecular complexity index is 849. The molecule has 1 heterocycles. The molecule has 4 aliphatic rings. The largest absolute Gasteiger partial charge is 0.350 e. The minimum atomic E-state index is -0.675. The van der Waals surface area contributed by atoms with Crippen molar-refractivity contribution in [3.8, 4) is 5.69 Å². The van der Waals surface area contributed by atoms with E-state index in [9.17, 15) is 4.79 Å². The third kappa shape index (κ3) is 2.91. The number of carbonyl (C=O) groups excluding carboxylic acids is 1. The van der Waals surface area contributed by atoms with Gasteiger partial charge in [-0.25, -0.2) is 14.9 Å². The van der Waals surface area contributed by atoms with Crippen molar-refractivity contribution in [3.05, 3.63) is 41.7 Å². The number of rotatable bonds is 4. The number of aromatic nitrogens is 3. The summed E-state index contributed by atoms with van der Waals surface area (Å²) >= 11 is 0. The number of hydrazone groups is 1. The van der Waals surface area contributed by atoms with Gasteiger partial charge in [0.1, 0.15) is 0 Å². The summed E-state index contributed by atoms with van der Waals surface area (Å²) in [6, 6.07) is 7.26. The Labute approximate surface area is 158 Å². The SMILES string of the molecule is NC(=O)N/N=C\c1ccc(-n2nncc2C23CC4CC(CC(C4)C2)C3)cc1. The fourth-order valence-electron chi connectivity index (χ4n) is 6.08. The summed E-state index contributed by atoms with van der Waals surface area (Å²) in [6.07, 6.45) is 11.7. The number of hydrogen-bond donors (Lipinski definition) is 2. The van der Waals surface area contributed by atoms with Crippen LogP contribution in [0.4, 0.5) is 4.79 Å². The van der Waals surface area contributed by atoms with E-state index >= 15 is 0 Å². The number of amides is 2. The highest BCUT2D eigenvalue weighted by Crippen LogP contribution is 2.60. The lowest BCUT2D eigenvalue weighted by Gasteiger charge is -2.56. The van der Waals surface area contributed by atoms with Gasteiger partial charge in [0.25, 0.3) is 0 Å². The van der Waals surface area contributed by atoms with E-state index in [0.29, 0.717) is 0 Å². The number of hydrogen-bond acceptors (Lipinski definition) is 4. The number of urea groups is 1. The van der Waals surface area contributed by atoms with Crippen molar-refractivity contribution < 1.29 is 4.79 Å². The van der Waals surface area contributed by atoms with Gasteiger partial charge in [0, 0.05) is 5.41 Å². The van der Waals surface area contributed by atoms with Crippen molar-refractivity contribution in [2.75, 3.05) is 0 Å². The summed E-state index contributed by atoms with van der Waals surface area (Å²) in [7, 11) is 0. The average molecular weight is 364 g/mol. The summed E-state index contributed by atoms with van der Waals surface area (Å²) in [6.45, 7) is 0. The maximum atomic E-state index is 10.7. The van der Waals surface area contributed by atoms with E-state index in [1.54, 1.807) is 6.21 Å². The van der Waals surface area contributed by atoms with Crippen molar-refractivity contribution in [3.63, 3.8) is 0 Å². The lowest BCUT2D eigenvalue weighted by molar-refractivity contribution is -0.00828. The molecule has 1 aromatic heterocycles. The van der Waals surface area contributed by atoms with Crippen molar-refractivity contribution in [2.45, 2.75) is 43.9 Å². The number of nitrogens with zero attached hydrogens (tertiary/aromatic N) is 4. The summed E-state index contributed by atoms with van der Waals surface area (Å²) in [5, 5.41) is 12.5. The molecule has 27 heavy (non-hydrogen) atoms. The molecule has 0 aliphatic heterocycles. The number of nitrogens with one attached hydrogen (secondary N) is 1. The van der Waals surface area contributed by atoms with Crippen molar-refractivity contribution in [1.29, 1.82) is 0 Å². The molecule has 3 N–H and O–H groups in total. The molecule has 0 atom stereocenters. The fourth-order valence-corrected chi connectivity index (χ4v) is 6.08. The third-order valence-corrected chi connectivity index (χ3v) is 6.66. The number of nitrogens with two attached hydrogens (primary N) is 1. The first-order chi connectivity index (χ1) is 13.1. The Hall–Kier alpha value is -2.70. The molecule has 7 nitrogen and oxygen atoms in total.